The molecule has 1 aromatic rings. The van der Waals surface area contributed by atoms with Gasteiger partial charge in [-0.05, 0) is 5.56 Å². The summed E-state index contributed by atoms with van der Waals surface area (Å²) in [7, 11) is 0. The quantitative estimate of drug-likeness (QED) is 0.583. The fourth-order valence-corrected chi connectivity index (χ4v) is 0.924. The van der Waals surface area contributed by atoms with Gasteiger partial charge >= 0.3 is 0 Å². The fraction of sp³-hybridized carbons (Fsp3) is 0.100. The molecule has 0 aromatic heterocycles. The van der Waals surface area contributed by atoms with Gasteiger partial charge in [0.1, 0.15) is 0 Å². The average Bonchev–Trinajstić information content (AvgIpc) is 2.09. The minimum absolute atomic E-state index is 0.170. The van der Waals surface area contributed by atoms with Gasteiger partial charge in [0.25, 0.3) is 0 Å². The van der Waals surface area contributed by atoms with Crippen molar-refractivity contribution in [2.24, 2.45) is 0 Å². The van der Waals surface area contributed by atoms with Gasteiger partial charge in [0.05, 0.1) is 12.0 Å². The van der Waals surface area contributed by atoms with Crippen LogP contribution in [0.4, 0.5) is 0 Å². The first-order valence-electron chi connectivity index (χ1n) is 3.45. The zero-order valence-corrected chi connectivity index (χ0v) is 6.20. The molecule has 1 aromatic carbocycles. The van der Waals surface area contributed by atoms with Gasteiger partial charge in [0.15, 0.2) is 0 Å². The highest BCUT2D eigenvalue weighted by Crippen LogP contribution is 2.14. The predicted octanol–water partition coefficient (Wildman–Crippen LogP) is 2.48. The van der Waals surface area contributed by atoms with Gasteiger partial charge in [0.2, 0.25) is 0 Å². The number of hydrogen-bond donors (Lipinski definition) is 0. The molecule has 1 rings (SSSR count). The van der Waals surface area contributed by atoms with Crippen molar-refractivity contribution in [3.8, 4) is 6.07 Å². The summed E-state index contributed by atoms with van der Waals surface area (Å²) in [5, 5.41) is 8.66. The van der Waals surface area contributed by atoms with Crippen molar-refractivity contribution in [2.75, 3.05) is 0 Å². The maximum absolute atomic E-state index is 8.66. The normalized spacial score (nSPS) is 11.5. The lowest BCUT2D eigenvalue weighted by molar-refractivity contribution is 1.10. The van der Waals surface area contributed by atoms with Crippen LogP contribution >= 0.6 is 0 Å². The van der Waals surface area contributed by atoms with Crippen molar-refractivity contribution >= 4 is 0 Å². The molecule has 1 unspecified atom stereocenters. The molecule has 0 aliphatic carbocycles. The standard InChI is InChI=1S/C10H9N/c1-2-9(8-11)10-6-4-3-5-7-10/h2-7,9H,1H2. The molecule has 0 heterocycles. The number of hydrogen-bond acceptors (Lipinski definition) is 1. The van der Waals surface area contributed by atoms with E-state index in [1.54, 1.807) is 6.08 Å². The van der Waals surface area contributed by atoms with Crippen LogP contribution < -0.4 is 0 Å². The second kappa shape index (κ2) is 3.58. The first-order chi connectivity index (χ1) is 5.38. The van der Waals surface area contributed by atoms with Gasteiger partial charge in [-0.3, -0.25) is 0 Å². The zero-order valence-electron chi connectivity index (χ0n) is 6.20. The Hall–Kier alpha value is -1.55. The van der Waals surface area contributed by atoms with Crippen molar-refractivity contribution in [3.63, 3.8) is 0 Å². The van der Waals surface area contributed by atoms with Crippen LogP contribution in [0.3, 0.4) is 0 Å². The molecule has 54 valence electrons. The van der Waals surface area contributed by atoms with E-state index >= 15 is 0 Å². The SMILES string of the molecule is C=CC(C#N)c1ccccc1. The van der Waals surface area contributed by atoms with E-state index in [9.17, 15) is 0 Å². The smallest absolute Gasteiger partial charge is 0.0891 e. The molecule has 0 radical (unpaired) electrons. The minimum atomic E-state index is -0.170. The third-order valence-electron chi connectivity index (χ3n) is 1.53. The first kappa shape index (κ1) is 7.56. The van der Waals surface area contributed by atoms with Crippen molar-refractivity contribution in [1.82, 2.24) is 0 Å². The molecular formula is C10H9N. The Morgan fingerprint density at radius 1 is 1.36 bits per heavy atom. The highest BCUT2D eigenvalue weighted by atomic mass is 14.3. The van der Waals surface area contributed by atoms with E-state index < -0.39 is 0 Å². The number of benzene rings is 1. The van der Waals surface area contributed by atoms with E-state index in [-0.39, 0.29) is 5.92 Å². The lowest BCUT2D eigenvalue weighted by Crippen LogP contribution is -1.88. The van der Waals surface area contributed by atoms with E-state index in [1.807, 2.05) is 30.3 Å². The number of nitrogens with zero attached hydrogens (tertiary/aromatic N) is 1. The van der Waals surface area contributed by atoms with Crippen molar-refractivity contribution in [3.05, 3.63) is 48.6 Å². The van der Waals surface area contributed by atoms with Gasteiger partial charge in [-0.15, -0.1) is 6.58 Å². The molecule has 0 N–H and O–H groups in total. The van der Waals surface area contributed by atoms with Crippen LogP contribution in [0.25, 0.3) is 0 Å². The summed E-state index contributed by atoms with van der Waals surface area (Å²) >= 11 is 0. The van der Waals surface area contributed by atoms with Crippen molar-refractivity contribution in [2.45, 2.75) is 5.92 Å². The topological polar surface area (TPSA) is 23.8 Å². The van der Waals surface area contributed by atoms with Gasteiger partial charge < -0.3 is 0 Å². The molecule has 1 nitrogen and oxygen atoms in total. The summed E-state index contributed by atoms with van der Waals surface area (Å²) in [5.74, 6) is -0.170. The number of rotatable bonds is 2. The Kier molecular flexibility index (Phi) is 2.46. The van der Waals surface area contributed by atoms with Crippen LogP contribution in [0.1, 0.15) is 11.5 Å². The fourth-order valence-electron chi connectivity index (χ4n) is 0.924. The molecule has 0 aliphatic heterocycles. The Morgan fingerprint density at radius 2 is 2.00 bits per heavy atom. The van der Waals surface area contributed by atoms with Crippen LogP contribution in [0.15, 0.2) is 43.0 Å². The monoisotopic (exact) mass is 143 g/mol. The lowest BCUT2D eigenvalue weighted by Gasteiger charge is -2.00. The Bertz CT molecular complexity index is 269. The molecule has 0 aliphatic rings. The number of allylic oxidation sites excluding steroid dienone is 1. The summed E-state index contributed by atoms with van der Waals surface area (Å²) in [6.07, 6.45) is 1.65. The van der Waals surface area contributed by atoms with Gasteiger partial charge in [0, 0.05) is 0 Å². The second-order valence-electron chi connectivity index (χ2n) is 2.25. The van der Waals surface area contributed by atoms with Crippen LogP contribution in [0.2, 0.25) is 0 Å². The summed E-state index contributed by atoms with van der Waals surface area (Å²) in [5.41, 5.74) is 1.00. The van der Waals surface area contributed by atoms with Gasteiger partial charge in [-0.2, -0.15) is 5.26 Å². The Morgan fingerprint density at radius 3 is 2.45 bits per heavy atom. The lowest BCUT2D eigenvalue weighted by atomic mass is 10.0. The highest BCUT2D eigenvalue weighted by molar-refractivity contribution is 5.28. The van der Waals surface area contributed by atoms with E-state index in [0.29, 0.717) is 0 Å². The summed E-state index contributed by atoms with van der Waals surface area (Å²) in [6, 6.07) is 11.8. The molecule has 0 amide bonds. The zero-order chi connectivity index (χ0) is 8.10. The van der Waals surface area contributed by atoms with E-state index in [2.05, 4.69) is 12.6 Å². The third-order valence-corrected chi connectivity index (χ3v) is 1.53. The molecule has 0 bridgehead atoms. The molecule has 0 saturated carbocycles. The molecule has 0 spiro atoms. The number of nitriles is 1. The average molecular weight is 143 g/mol. The maximum atomic E-state index is 8.66. The summed E-state index contributed by atoms with van der Waals surface area (Å²) in [4.78, 5) is 0. The maximum Gasteiger partial charge on any atom is 0.0891 e. The van der Waals surface area contributed by atoms with Gasteiger partial charge in [-0.25, -0.2) is 0 Å². The summed E-state index contributed by atoms with van der Waals surface area (Å²) in [6.45, 7) is 3.59. The highest BCUT2D eigenvalue weighted by Gasteiger charge is 2.02. The van der Waals surface area contributed by atoms with Crippen LogP contribution in [-0.2, 0) is 0 Å². The minimum Gasteiger partial charge on any atom is -0.197 e. The Balaban J connectivity index is 2.93. The molecule has 1 atom stereocenters. The van der Waals surface area contributed by atoms with Crippen LogP contribution in [0, 0.1) is 11.3 Å². The predicted molar refractivity (Wildman–Crippen MR) is 45.0 cm³/mol. The first-order valence-corrected chi connectivity index (χ1v) is 3.45. The Labute approximate surface area is 66.6 Å². The van der Waals surface area contributed by atoms with E-state index in [0.717, 1.165) is 5.56 Å². The van der Waals surface area contributed by atoms with Crippen molar-refractivity contribution < 1.29 is 0 Å². The molecule has 1 heteroatoms. The van der Waals surface area contributed by atoms with Crippen molar-refractivity contribution in [1.29, 1.82) is 5.26 Å². The van der Waals surface area contributed by atoms with Crippen LogP contribution in [0.5, 0.6) is 0 Å². The second-order valence-corrected chi connectivity index (χ2v) is 2.25. The van der Waals surface area contributed by atoms with E-state index in [1.165, 1.54) is 0 Å². The van der Waals surface area contributed by atoms with Crippen LogP contribution in [-0.4, -0.2) is 0 Å². The largest absolute Gasteiger partial charge is 0.197 e. The van der Waals surface area contributed by atoms with E-state index in [4.69, 9.17) is 5.26 Å². The molecule has 11 heavy (non-hydrogen) atoms. The molecule has 0 fully saturated rings. The molecular weight excluding hydrogens is 134 g/mol. The third kappa shape index (κ3) is 1.68. The van der Waals surface area contributed by atoms with Gasteiger partial charge in [-0.1, -0.05) is 36.4 Å². The molecule has 0 saturated heterocycles. The summed E-state index contributed by atoms with van der Waals surface area (Å²) < 4.78 is 0.